The highest BCUT2D eigenvalue weighted by Gasteiger charge is 2.18. The van der Waals surface area contributed by atoms with Crippen LogP contribution in [0.15, 0.2) is 211 Å². The topological polar surface area (TPSA) is 21.3 Å². The maximum absolute atomic E-state index is 6.17. The van der Waals surface area contributed by atoms with E-state index in [9.17, 15) is 0 Å². The van der Waals surface area contributed by atoms with Crippen molar-refractivity contribution in [1.82, 2.24) is 4.57 Å². The molecule has 0 aliphatic rings. The van der Waals surface area contributed by atoms with E-state index in [1.807, 2.05) is 37.3 Å². The number of para-hydroxylation sites is 2. The van der Waals surface area contributed by atoms with Crippen LogP contribution in [0, 0.1) is 0 Å². The van der Waals surface area contributed by atoms with Crippen LogP contribution in [-0.2, 0) is 0 Å². The van der Waals surface area contributed by atoms with Crippen LogP contribution in [0.25, 0.3) is 82.5 Å². The minimum absolute atomic E-state index is 0.918. The summed E-state index contributed by atoms with van der Waals surface area (Å²) in [5.74, 6) is 0. The fourth-order valence-corrected chi connectivity index (χ4v) is 8.18. The molecule has 266 valence electrons. The number of aromatic nitrogens is 1. The van der Waals surface area contributed by atoms with Gasteiger partial charge in [-0.15, -0.1) is 0 Å². The van der Waals surface area contributed by atoms with Gasteiger partial charge in [-0.2, -0.15) is 0 Å². The molecule has 0 aliphatic carbocycles. The van der Waals surface area contributed by atoms with E-state index in [2.05, 4.69) is 186 Å². The number of rotatable bonds is 8. The molecule has 3 nitrogen and oxygen atoms in total. The van der Waals surface area contributed by atoms with Gasteiger partial charge in [-0.25, -0.2) is 0 Å². The summed E-state index contributed by atoms with van der Waals surface area (Å²) in [6.45, 7) is 6.48. The first-order chi connectivity index (χ1) is 27.6. The molecule has 0 saturated heterocycles. The highest BCUT2D eigenvalue weighted by Crippen LogP contribution is 2.41. The molecule has 0 N–H and O–H groups in total. The van der Waals surface area contributed by atoms with Gasteiger partial charge in [0, 0.05) is 44.3 Å². The van der Waals surface area contributed by atoms with Crippen molar-refractivity contribution in [2.75, 3.05) is 4.90 Å². The molecule has 3 heteroatoms. The Morgan fingerprint density at radius 2 is 1.12 bits per heavy atom. The highest BCUT2D eigenvalue weighted by molar-refractivity contribution is 6.19. The monoisotopic (exact) mass is 718 g/mol. The zero-order valence-corrected chi connectivity index (χ0v) is 31.1. The standard InChI is InChI=1S/C53H38N2O/c1-3-4-6-13-36(2)54-49-18-11-9-16-46(49)48-35-44(30-32-50(48)54)55(42-26-20-38(21-27-42)37-14-7-5-8-15-37)43-28-22-39(23-29-43)40-24-31-45-41(34-40)25-33-52-53(45)47-17-10-12-19-51(47)56-52/h3-35H,2H2,1H3/b4-3-,13-6-. The number of benzene rings is 8. The fourth-order valence-electron chi connectivity index (χ4n) is 8.18. The second-order valence-corrected chi connectivity index (χ2v) is 14.2. The average Bonchev–Trinajstić information content (AvgIpc) is 3.80. The van der Waals surface area contributed by atoms with Crippen molar-refractivity contribution in [1.29, 1.82) is 0 Å². The zero-order valence-electron chi connectivity index (χ0n) is 31.1. The Balaban J connectivity index is 1.08. The molecule has 56 heavy (non-hydrogen) atoms. The van der Waals surface area contributed by atoms with Gasteiger partial charge in [-0.1, -0.05) is 134 Å². The molecule has 0 radical (unpaired) electrons. The van der Waals surface area contributed by atoms with Gasteiger partial charge in [0.2, 0.25) is 0 Å². The van der Waals surface area contributed by atoms with E-state index in [-0.39, 0.29) is 0 Å². The smallest absolute Gasteiger partial charge is 0.136 e. The van der Waals surface area contributed by atoms with Gasteiger partial charge in [0.25, 0.3) is 0 Å². The normalized spacial score (nSPS) is 11.9. The molecule has 8 aromatic carbocycles. The van der Waals surface area contributed by atoms with Gasteiger partial charge in [0.1, 0.15) is 11.2 Å². The third kappa shape index (κ3) is 5.69. The van der Waals surface area contributed by atoms with Gasteiger partial charge in [-0.05, 0) is 113 Å². The van der Waals surface area contributed by atoms with Crippen LogP contribution in [0.2, 0.25) is 0 Å². The highest BCUT2D eigenvalue weighted by atomic mass is 16.3. The molecule has 0 bridgehead atoms. The Morgan fingerprint density at radius 1 is 0.500 bits per heavy atom. The van der Waals surface area contributed by atoms with Crippen molar-refractivity contribution in [3.8, 4) is 22.3 Å². The Morgan fingerprint density at radius 3 is 1.89 bits per heavy atom. The Labute approximate surface area is 326 Å². The van der Waals surface area contributed by atoms with Gasteiger partial charge in [0.15, 0.2) is 0 Å². The third-order valence-corrected chi connectivity index (χ3v) is 10.8. The zero-order chi connectivity index (χ0) is 37.6. The Kier molecular flexibility index (Phi) is 8.19. The minimum Gasteiger partial charge on any atom is -0.456 e. The van der Waals surface area contributed by atoms with Gasteiger partial charge in [0.05, 0.1) is 11.0 Å². The van der Waals surface area contributed by atoms with Crippen LogP contribution in [-0.4, -0.2) is 4.57 Å². The largest absolute Gasteiger partial charge is 0.456 e. The van der Waals surface area contributed by atoms with E-state index in [0.29, 0.717) is 0 Å². The number of nitrogens with zero attached hydrogens (tertiary/aromatic N) is 2. The molecule has 0 fully saturated rings. The van der Waals surface area contributed by atoms with Crippen molar-refractivity contribution in [3.05, 3.63) is 207 Å². The summed E-state index contributed by atoms with van der Waals surface area (Å²) in [6.07, 6.45) is 8.16. The van der Waals surface area contributed by atoms with E-state index in [4.69, 9.17) is 4.42 Å². The summed E-state index contributed by atoms with van der Waals surface area (Å²) in [6, 6.07) is 63.0. The molecule has 0 spiro atoms. The number of allylic oxidation sites excluding steroid dienone is 5. The summed E-state index contributed by atoms with van der Waals surface area (Å²) in [4.78, 5) is 2.35. The molecule has 2 aromatic heterocycles. The number of furan rings is 1. The lowest BCUT2D eigenvalue weighted by atomic mass is 9.98. The molecular weight excluding hydrogens is 681 g/mol. The first kappa shape index (κ1) is 33.2. The van der Waals surface area contributed by atoms with E-state index in [1.54, 1.807) is 0 Å². The Hall–Kier alpha value is -7.36. The molecule has 10 aromatic rings. The summed E-state index contributed by atoms with van der Waals surface area (Å²) in [7, 11) is 0. The van der Waals surface area contributed by atoms with Crippen LogP contribution in [0.5, 0.6) is 0 Å². The second kappa shape index (κ2) is 13.8. The molecule has 0 unspecified atom stereocenters. The molecular formula is C53H38N2O. The van der Waals surface area contributed by atoms with Crippen molar-refractivity contribution in [2.45, 2.75) is 6.92 Å². The summed E-state index contributed by atoms with van der Waals surface area (Å²) in [5.41, 5.74) is 13.0. The van der Waals surface area contributed by atoms with Crippen molar-refractivity contribution < 1.29 is 4.42 Å². The molecule has 10 rings (SSSR count). The van der Waals surface area contributed by atoms with Crippen LogP contribution in [0.1, 0.15) is 6.92 Å². The second-order valence-electron chi connectivity index (χ2n) is 14.2. The average molecular weight is 719 g/mol. The number of fused-ring (bicyclic) bond motifs is 8. The summed E-state index contributed by atoms with van der Waals surface area (Å²) in [5, 5.41) is 7.08. The van der Waals surface area contributed by atoms with Gasteiger partial charge < -0.3 is 13.9 Å². The van der Waals surface area contributed by atoms with E-state index in [1.165, 1.54) is 43.6 Å². The fraction of sp³-hybridized carbons (Fsp3) is 0.0189. The summed E-state index contributed by atoms with van der Waals surface area (Å²) >= 11 is 0. The van der Waals surface area contributed by atoms with E-state index < -0.39 is 0 Å². The van der Waals surface area contributed by atoms with Crippen LogP contribution < -0.4 is 4.90 Å². The summed E-state index contributed by atoms with van der Waals surface area (Å²) < 4.78 is 8.43. The van der Waals surface area contributed by atoms with Gasteiger partial charge in [-0.3, -0.25) is 0 Å². The van der Waals surface area contributed by atoms with E-state index >= 15 is 0 Å². The predicted octanol–water partition coefficient (Wildman–Crippen LogP) is 15.3. The lowest BCUT2D eigenvalue weighted by Crippen LogP contribution is -2.10. The lowest BCUT2D eigenvalue weighted by Gasteiger charge is -2.26. The maximum atomic E-state index is 6.17. The van der Waals surface area contributed by atoms with Crippen molar-refractivity contribution in [3.63, 3.8) is 0 Å². The maximum Gasteiger partial charge on any atom is 0.136 e. The van der Waals surface area contributed by atoms with Crippen LogP contribution in [0.3, 0.4) is 0 Å². The molecule has 2 heterocycles. The van der Waals surface area contributed by atoms with Crippen molar-refractivity contribution >= 4 is 77.3 Å². The number of hydrogen-bond donors (Lipinski definition) is 0. The molecule has 0 saturated carbocycles. The quantitative estimate of drug-likeness (QED) is 0.146. The van der Waals surface area contributed by atoms with Crippen LogP contribution >= 0.6 is 0 Å². The van der Waals surface area contributed by atoms with Crippen molar-refractivity contribution in [2.24, 2.45) is 0 Å². The lowest BCUT2D eigenvalue weighted by molar-refractivity contribution is 0.669. The number of hydrogen-bond acceptors (Lipinski definition) is 2. The van der Waals surface area contributed by atoms with Gasteiger partial charge >= 0.3 is 0 Å². The molecule has 0 aliphatic heterocycles. The SMILES string of the molecule is C=C(/C=C\C=C/C)n1c2ccccc2c2cc(N(c3ccc(-c4ccccc4)cc3)c3ccc(-c4ccc5c(ccc6oc7ccccc7c65)c4)cc3)ccc21. The third-order valence-electron chi connectivity index (χ3n) is 10.8. The molecule has 0 amide bonds. The van der Waals surface area contributed by atoms with E-state index in [0.717, 1.165) is 55.9 Å². The first-order valence-electron chi connectivity index (χ1n) is 19.1. The first-order valence-corrected chi connectivity index (χ1v) is 19.1. The number of anilines is 3. The minimum atomic E-state index is 0.918. The predicted molar refractivity (Wildman–Crippen MR) is 239 cm³/mol. The molecule has 0 atom stereocenters. The Bertz CT molecular complexity index is 3140. The van der Waals surface area contributed by atoms with Crippen LogP contribution in [0.4, 0.5) is 17.1 Å².